The molecule has 4 aromatic heterocycles. The smallest absolute Gasteiger partial charge is 0.229 e. The topological polar surface area (TPSA) is 121 Å². The van der Waals surface area contributed by atoms with Crippen molar-refractivity contribution < 1.29 is 4.52 Å². The van der Waals surface area contributed by atoms with Gasteiger partial charge in [-0.1, -0.05) is 5.16 Å². The molecule has 0 aliphatic carbocycles. The number of aromatic nitrogens is 6. The molecule has 1 aliphatic heterocycles. The fourth-order valence-corrected chi connectivity index (χ4v) is 4.16. The molecule has 30 heavy (non-hydrogen) atoms. The van der Waals surface area contributed by atoms with Crippen molar-refractivity contribution in [3.8, 4) is 10.7 Å². The van der Waals surface area contributed by atoms with Gasteiger partial charge in [0.25, 0.3) is 0 Å². The lowest BCUT2D eigenvalue weighted by molar-refractivity contribution is 0.362. The summed E-state index contributed by atoms with van der Waals surface area (Å²) in [5.74, 6) is 3.53. The molecule has 3 N–H and O–H groups in total. The van der Waals surface area contributed by atoms with Crippen molar-refractivity contribution >= 4 is 34.7 Å². The molecule has 154 valence electrons. The number of nitrogens with zero attached hydrogens (tertiary/aromatic N) is 6. The van der Waals surface area contributed by atoms with Gasteiger partial charge in [0.05, 0.1) is 6.04 Å². The Morgan fingerprint density at radius 1 is 1.20 bits per heavy atom. The quantitative estimate of drug-likeness (QED) is 0.426. The summed E-state index contributed by atoms with van der Waals surface area (Å²) in [6.45, 7) is 2.79. The summed E-state index contributed by atoms with van der Waals surface area (Å²) in [6, 6.07) is 5.77. The van der Waals surface area contributed by atoms with Crippen LogP contribution in [0.3, 0.4) is 0 Å². The molecule has 0 aromatic carbocycles. The second kappa shape index (κ2) is 7.75. The first-order chi connectivity index (χ1) is 14.7. The number of aryl methyl sites for hydroxylation is 1. The molecule has 0 spiro atoms. The van der Waals surface area contributed by atoms with Crippen LogP contribution in [0.5, 0.6) is 0 Å². The Morgan fingerprint density at radius 2 is 2.10 bits per heavy atom. The van der Waals surface area contributed by atoms with Gasteiger partial charge in [-0.2, -0.15) is 15.1 Å². The molecule has 0 radical (unpaired) electrons. The molecule has 0 bridgehead atoms. The fraction of sp³-hybridized carbons (Fsp3) is 0.316. The van der Waals surface area contributed by atoms with Crippen LogP contribution in [-0.4, -0.2) is 43.9 Å². The van der Waals surface area contributed by atoms with E-state index in [1.807, 2.05) is 37.6 Å². The first kappa shape index (κ1) is 18.6. The number of thiazole rings is 1. The third kappa shape index (κ3) is 3.59. The standard InChI is InChI=1S/C19H21N9OS/c1-11-8-17(26-25-11)22-16-10-15(20-2)23-19(24-16)28-6-3-4-13(28)14-9-12(27-29-14)18-21-5-7-30-18/h5,7-10,13H,3-4,6H2,1-2H3,(H3,20,22,23,24,25,26). The van der Waals surface area contributed by atoms with E-state index >= 15 is 0 Å². The Morgan fingerprint density at radius 3 is 2.87 bits per heavy atom. The van der Waals surface area contributed by atoms with E-state index in [4.69, 9.17) is 9.51 Å². The molecule has 11 heteroatoms. The van der Waals surface area contributed by atoms with E-state index < -0.39 is 0 Å². The number of hydrogen-bond acceptors (Lipinski definition) is 10. The Bertz CT molecular complexity index is 1140. The van der Waals surface area contributed by atoms with Crippen molar-refractivity contribution in [2.24, 2.45) is 0 Å². The minimum atomic E-state index is 0.0267. The van der Waals surface area contributed by atoms with E-state index in [0.29, 0.717) is 17.6 Å². The van der Waals surface area contributed by atoms with Crippen LogP contribution in [0.4, 0.5) is 23.4 Å². The summed E-state index contributed by atoms with van der Waals surface area (Å²) in [4.78, 5) is 15.9. The number of anilines is 4. The van der Waals surface area contributed by atoms with Crippen LogP contribution < -0.4 is 15.5 Å². The summed E-state index contributed by atoms with van der Waals surface area (Å²) < 4.78 is 5.68. The van der Waals surface area contributed by atoms with Crippen molar-refractivity contribution in [2.75, 3.05) is 29.1 Å². The third-order valence-corrected chi connectivity index (χ3v) is 5.75. The summed E-state index contributed by atoms with van der Waals surface area (Å²) in [5, 5.41) is 20.5. The molecule has 1 saturated heterocycles. The monoisotopic (exact) mass is 423 g/mol. The highest BCUT2D eigenvalue weighted by Crippen LogP contribution is 2.37. The molecule has 0 saturated carbocycles. The number of H-pyrrole nitrogens is 1. The van der Waals surface area contributed by atoms with Crippen molar-refractivity contribution in [3.63, 3.8) is 0 Å². The minimum absolute atomic E-state index is 0.0267. The van der Waals surface area contributed by atoms with Crippen LogP contribution in [-0.2, 0) is 0 Å². The SMILES string of the molecule is CNc1cc(Nc2cc(C)[nH]n2)nc(N2CCCC2c2cc(-c3nccs3)no2)n1. The van der Waals surface area contributed by atoms with Crippen LogP contribution in [0.15, 0.2) is 34.3 Å². The molecular formula is C19H21N9OS. The fourth-order valence-electron chi connectivity index (χ4n) is 3.57. The van der Waals surface area contributed by atoms with Gasteiger partial charge in [0.2, 0.25) is 5.95 Å². The van der Waals surface area contributed by atoms with E-state index in [2.05, 4.69) is 40.9 Å². The van der Waals surface area contributed by atoms with Gasteiger partial charge in [-0.05, 0) is 19.8 Å². The highest BCUT2D eigenvalue weighted by Gasteiger charge is 2.32. The van der Waals surface area contributed by atoms with Crippen molar-refractivity contribution in [2.45, 2.75) is 25.8 Å². The van der Waals surface area contributed by atoms with E-state index in [0.717, 1.165) is 47.4 Å². The van der Waals surface area contributed by atoms with Gasteiger partial charge < -0.3 is 20.1 Å². The Labute approximate surface area is 176 Å². The third-order valence-electron chi connectivity index (χ3n) is 4.95. The summed E-state index contributed by atoms with van der Waals surface area (Å²) in [7, 11) is 1.84. The van der Waals surface area contributed by atoms with E-state index in [1.54, 1.807) is 17.5 Å². The largest absolute Gasteiger partial charge is 0.373 e. The predicted octanol–water partition coefficient (Wildman–Crippen LogP) is 3.75. The Hall–Kier alpha value is -3.47. The number of hydrogen-bond donors (Lipinski definition) is 3. The van der Waals surface area contributed by atoms with E-state index in [-0.39, 0.29) is 6.04 Å². The van der Waals surface area contributed by atoms with Crippen molar-refractivity contribution in [1.29, 1.82) is 0 Å². The second-order valence-corrected chi connectivity index (χ2v) is 7.95. The first-order valence-electron chi connectivity index (χ1n) is 9.68. The van der Waals surface area contributed by atoms with Crippen LogP contribution in [0.2, 0.25) is 0 Å². The summed E-state index contributed by atoms with van der Waals surface area (Å²) in [6.07, 6.45) is 3.73. The number of nitrogens with one attached hydrogen (secondary N) is 3. The van der Waals surface area contributed by atoms with Gasteiger partial charge in [0, 0.05) is 49.1 Å². The van der Waals surface area contributed by atoms with Gasteiger partial charge in [0.1, 0.15) is 22.3 Å². The normalized spacial score (nSPS) is 16.2. The molecule has 5 rings (SSSR count). The molecule has 1 atom stereocenters. The molecule has 0 amide bonds. The maximum atomic E-state index is 5.68. The summed E-state index contributed by atoms with van der Waals surface area (Å²) >= 11 is 1.54. The van der Waals surface area contributed by atoms with E-state index in [9.17, 15) is 0 Å². The van der Waals surface area contributed by atoms with Gasteiger partial charge in [-0.15, -0.1) is 11.3 Å². The first-order valence-corrected chi connectivity index (χ1v) is 10.6. The zero-order chi connectivity index (χ0) is 20.5. The van der Waals surface area contributed by atoms with E-state index in [1.165, 1.54) is 0 Å². The molecule has 5 heterocycles. The van der Waals surface area contributed by atoms with Crippen molar-refractivity contribution in [3.05, 3.63) is 41.2 Å². The lowest BCUT2D eigenvalue weighted by Gasteiger charge is -2.23. The zero-order valence-electron chi connectivity index (χ0n) is 16.6. The average Bonchev–Trinajstić information content (AvgIpc) is 3.53. The highest BCUT2D eigenvalue weighted by molar-refractivity contribution is 7.13. The molecule has 1 unspecified atom stereocenters. The Kier molecular flexibility index (Phi) is 4.79. The Balaban J connectivity index is 1.44. The summed E-state index contributed by atoms with van der Waals surface area (Å²) in [5.41, 5.74) is 1.73. The lowest BCUT2D eigenvalue weighted by atomic mass is 10.1. The average molecular weight is 424 g/mol. The van der Waals surface area contributed by atoms with Crippen LogP contribution >= 0.6 is 11.3 Å². The van der Waals surface area contributed by atoms with Gasteiger partial charge in [0.15, 0.2) is 11.6 Å². The zero-order valence-corrected chi connectivity index (χ0v) is 17.4. The maximum absolute atomic E-state index is 5.68. The molecule has 10 nitrogen and oxygen atoms in total. The second-order valence-electron chi connectivity index (χ2n) is 7.05. The molecular weight excluding hydrogens is 402 g/mol. The van der Waals surface area contributed by atoms with Gasteiger partial charge >= 0.3 is 0 Å². The van der Waals surface area contributed by atoms with Crippen LogP contribution in [0.25, 0.3) is 10.7 Å². The van der Waals surface area contributed by atoms with Crippen LogP contribution in [0, 0.1) is 6.92 Å². The molecule has 1 aliphatic rings. The predicted molar refractivity (Wildman–Crippen MR) is 115 cm³/mol. The highest BCUT2D eigenvalue weighted by atomic mass is 32.1. The van der Waals surface area contributed by atoms with Crippen molar-refractivity contribution in [1.82, 2.24) is 30.3 Å². The molecule has 1 fully saturated rings. The number of rotatable bonds is 6. The van der Waals surface area contributed by atoms with Gasteiger partial charge in [-0.3, -0.25) is 5.10 Å². The van der Waals surface area contributed by atoms with Gasteiger partial charge in [-0.25, -0.2) is 4.98 Å². The maximum Gasteiger partial charge on any atom is 0.229 e. The molecule has 4 aromatic rings. The minimum Gasteiger partial charge on any atom is -0.373 e. The lowest BCUT2D eigenvalue weighted by Crippen LogP contribution is -2.25. The van der Waals surface area contributed by atoms with Crippen LogP contribution in [0.1, 0.15) is 30.3 Å². The number of aromatic amines is 1.